The summed E-state index contributed by atoms with van der Waals surface area (Å²) < 4.78 is 4.89. The van der Waals surface area contributed by atoms with Crippen molar-refractivity contribution in [3.05, 3.63) is 35.4 Å². The van der Waals surface area contributed by atoms with E-state index in [4.69, 9.17) is 10.5 Å². The number of rotatable bonds is 9. The van der Waals surface area contributed by atoms with Crippen molar-refractivity contribution in [3.63, 3.8) is 0 Å². The van der Waals surface area contributed by atoms with Crippen LogP contribution in [0.1, 0.15) is 25.0 Å². The van der Waals surface area contributed by atoms with Gasteiger partial charge in [0, 0.05) is 20.2 Å². The van der Waals surface area contributed by atoms with E-state index < -0.39 is 6.04 Å². The first kappa shape index (κ1) is 17.6. The van der Waals surface area contributed by atoms with Crippen molar-refractivity contribution in [1.82, 2.24) is 10.2 Å². The molecular formula is C16H27N3O2. The van der Waals surface area contributed by atoms with E-state index in [-0.39, 0.29) is 12.5 Å². The highest BCUT2D eigenvalue weighted by Gasteiger charge is 2.13. The summed E-state index contributed by atoms with van der Waals surface area (Å²) >= 11 is 0. The molecule has 0 spiro atoms. The van der Waals surface area contributed by atoms with Crippen LogP contribution in [0.25, 0.3) is 0 Å². The largest absolute Gasteiger partial charge is 0.383 e. The van der Waals surface area contributed by atoms with Crippen LogP contribution in [0.2, 0.25) is 0 Å². The minimum absolute atomic E-state index is 0.186. The summed E-state index contributed by atoms with van der Waals surface area (Å²) in [6.07, 6.45) is 0. The maximum absolute atomic E-state index is 11.8. The second-order valence-corrected chi connectivity index (χ2v) is 5.01. The number of nitrogens with one attached hydrogen (secondary N) is 1. The zero-order chi connectivity index (χ0) is 15.7. The first-order valence-electron chi connectivity index (χ1n) is 7.43. The van der Waals surface area contributed by atoms with Crippen LogP contribution >= 0.6 is 0 Å². The summed E-state index contributed by atoms with van der Waals surface area (Å²) in [4.78, 5) is 14.2. The molecule has 5 heteroatoms. The number of carbonyl (C=O) groups excluding carboxylic acids is 1. The van der Waals surface area contributed by atoms with Gasteiger partial charge >= 0.3 is 0 Å². The molecule has 0 bridgehead atoms. The van der Waals surface area contributed by atoms with Crippen molar-refractivity contribution in [2.45, 2.75) is 33.0 Å². The number of ether oxygens (including phenoxy) is 1. The van der Waals surface area contributed by atoms with Gasteiger partial charge in [-0.25, -0.2) is 0 Å². The standard InChI is InChI=1S/C16H27N3O2/c1-4-19(5-2)11-14-9-7-6-8-13(14)10-18-16(20)15(17)12-21-3/h6-9,15H,4-5,10-12,17H2,1-3H3,(H,18,20). The normalized spacial score (nSPS) is 12.4. The van der Waals surface area contributed by atoms with Crippen molar-refractivity contribution in [2.24, 2.45) is 5.73 Å². The Morgan fingerprint density at radius 1 is 1.29 bits per heavy atom. The van der Waals surface area contributed by atoms with Gasteiger partial charge in [-0.15, -0.1) is 0 Å². The molecule has 0 aliphatic carbocycles. The quantitative estimate of drug-likeness (QED) is 0.716. The van der Waals surface area contributed by atoms with Crippen molar-refractivity contribution < 1.29 is 9.53 Å². The van der Waals surface area contributed by atoms with E-state index in [0.717, 1.165) is 25.2 Å². The van der Waals surface area contributed by atoms with Crippen LogP contribution in [0.5, 0.6) is 0 Å². The Balaban J connectivity index is 2.64. The molecule has 118 valence electrons. The van der Waals surface area contributed by atoms with Crippen molar-refractivity contribution >= 4 is 5.91 Å². The first-order valence-corrected chi connectivity index (χ1v) is 7.43. The number of hydrogen-bond donors (Lipinski definition) is 2. The molecule has 5 nitrogen and oxygen atoms in total. The van der Waals surface area contributed by atoms with Gasteiger partial charge in [0.1, 0.15) is 6.04 Å². The molecule has 0 saturated heterocycles. The van der Waals surface area contributed by atoms with E-state index in [1.54, 1.807) is 0 Å². The summed E-state index contributed by atoms with van der Waals surface area (Å²) in [5.74, 6) is -0.186. The lowest BCUT2D eigenvalue weighted by atomic mass is 10.1. The summed E-state index contributed by atoms with van der Waals surface area (Å²) in [6, 6.07) is 7.55. The van der Waals surface area contributed by atoms with E-state index in [9.17, 15) is 4.79 Å². The van der Waals surface area contributed by atoms with Crippen LogP contribution < -0.4 is 11.1 Å². The number of hydrogen-bond acceptors (Lipinski definition) is 4. The first-order chi connectivity index (χ1) is 10.1. The highest BCUT2D eigenvalue weighted by atomic mass is 16.5. The number of carbonyl (C=O) groups is 1. The lowest BCUT2D eigenvalue weighted by Gasteiger charge is -2.20. The highest BCUT2D eigenvalue weighted by Crippen LogP contribution is 2.11. The molecule has 0 aliphatic rings. The fourth-order valence-corrected chi connectivity index (χ4v) is 2.14. The van der Waals surface area contributed by atoms with Crippen LogP contribution in [-0.2, 0) is 22.6 Å². The topological polar surface area (TPSA) is 67.6 Å². The molecule has 0 radical (unpaired) electrons. The van der Waals surface area contributed by atoms with Gasteiger partial charge in [-0.05, 0) is 24.2 Å². The molecule has 0 aromatic heterocycles. The van der Waals surface area contributed by atoms with Gasteiger partial charge in [-0.2, -0.15) is 0 Å². The highest BCUT2D eigenvalue weighted by molar-refractivity contribution is 5.81. The fourth-order valence-electron chi connectivity index (χ4n) is 2.14. The second-order valence-electron chi connectivity index (χ2n) is 5.01. The van der Waals surface area contributed by atoms with Gasteiger partial charge in [0.05, 0.1) is 6.61 Å². The van der Waals surface area contributed by atoms with Gasteiger partial charge in [0.2, 0.25) is 5.91 Å². The van der Waals surface area contributed by atoms with Gasteiger partial charge < -0.3 is 15.8 Å². The van der Waals surface area contributed by atoms with Gasteiger partial charge in [-0.1, -0.05) is 38.1 Å². The summed E-state index contributed by atoms with van der Waals surface area (Å²) in [7, 11) is 1.53. The van der Waals surface area contributed by atoms with Crippen LogP contribution in [0.3, 0.4) is 0 Å². The zero-order valence-corrected chi connectivity index (χ0v) is 13.3. The van der Waals surface area contributed by atoms with Crippen LogP contribution in [0, 0.1) is 0 Å². The zero-order valence-electron chi connectivity index (χ0n) is 13.3. The summed E-state index contributed by atoms with van der Waals surface area (Å²) in [5.41, 5.74) is 8.07. The average Bonchev–Trinajstić information content (AvgIpc) is 2.51. The van der Waals surface area contributed by atoms with Gasteiger partial charge in [0.15, 0.2) is 0 Å². The summed E-state index contributed by atoms with van der Waals surface area (Å²) in [6.45, 7) is 7.94. The van der Waals surface area contributed by atoms with E-state index >= 15 is 0 Å². The number of nitrogens with zero attached hydrogens (tertiary/aromatic N) is 1. The molecule has 1 aromatic carbocycles. The molecule has 0 heterocycles. The fraction of sp³-hybridized carbons (Fsp3) is 0.562. The lowest BCUT2D eigenvalue weighted by molar-refractivity contribution is -0.123. The van der Waals surface area contributed by atoms with Crippen LogP contribution in [-0.4, -0.2) is 43.7 Å². The van der Waals surface area contributed by atoms with E-state index in [0.29, 0.717) is 6.54 Å². The van der Waals surface area contributed by atoms with Gasteiger partial charge in [-0.3, -0.25) is 9.69 Å². The molecule has 3 N–H and O–H groups in total. The number of amides is 1. The monoisotopic (exact) mass is 293 g/mol. The third-order valence-corrected chi connectivity index (χ3v) is 3.54. The third kappa shape index (κ3) is 5.83. The van der Waals surface area contributed by atoms with Crippen molar-refractivity contribution in [2.75, 3.05) is 26.8 Å². The molecule has 1 amide bonds. The minimum atomic E-state index is -0.620. The van der Waals surface area contributed by atoms with Crippen LogP contribution in [0.15, 0.2) is 24.3 Å². The third-order valence-electron chi connectivity index (χ3n) is 3.54. The number of nitrogens with two attached hydrogens (primary N) is 1. The predicted molar refractivity (Wildman–Crippen MR) is 84.8 cm³/mol. The Morgan fingerprint density at radius 3 is 2.48 bits per heavy atom. The molecule has 0 fully saturated rings. The molecule has 21 heavy (non-hydrogen) atoms. The van der Waals surface area contributed by atoms with Crippen molar-refractivity contribution in [3.8, 4) is 0 Å². The predicted octanol–water partition coefficient (Wildman–Crippen LogP) is 1.12. The molecule has 1 rings (SSSR count). The summed E-state index contributed by atoms with van der Waals surface area (Å²) in [5, 5.41) is 2.87. The lowest BCUT2D eigenvalue weighted by Crippen LogP contribution is -2.43. The number of methoxy groups -OCH3 is 1. The smallest absolute Gasteiger partial charge is 0.239 e. The Bertz CT molecular complexity index is 433. The van der Waals surface area contributed by atoms with E-state index in [1.807, 2.05) is 18.2 Å². The molecule has 0 aliphatic heterocycles. The Morgan fingerprint density at radius 2 is 1.90 bits per heavy atom. The second kappa shape index (κ2) is 9.50. The van der Waals surface area contributed by atoms with Gasteiger partial charge in [0.25, 0.3) is 0 Å². The van der Waals surface area contributed by atoms with E-state index in [2.05, 4.69) is 30.1 Å². The number of benzene rings is 1. The molecule has 1 atom stereocenters. The Kier molecular flexibility index (Phi) is 7.97. The Labute approximate surface area is 127 Å². The minimum Gasteiger partial charge on any atom is -0.383 e. The maximum atomic E-state index is 11.8. The molecule has 1 unspecified atom stereocenters. The van der Waals surface area contributed by atoms with Crippen molar-refractivity contribution in [1.29, 1.82) is 0 Å². The van der Waals surface area contributed by atoms with Crippen LogP contribution in [0.4, 0.5) is 0 Å². The maximum Gasteiger partial charge on any atom is 0.239 e. The Hall–Kier alpha value is -1.43. The molecule has 1 aromatic rings. The molecule has 0 saturated carbocycles. The SMILES string of the molecule is CCN(CC)Cc1ccccc1CNC(=O)C(N)COC. The average molecular weight is 293 g/mol. The molecular weight excluding hydrogens is 266 g/mol. The van der Waals surface area contributed by atoms with E-state index in [1.165, 1.54) is 12.7 Å².